The number of thioether (sulfide) groups is 1. The normalized spacial score (nSPS) is 15.5. The second-order valence-corrected chi connectivity index (χ2v) is 6.43. The first-order valence-corrected chi connectivity index (χ1v) is 8.97. The van der Waals surface area contributed by atoms with E-state index in [9.17, 15) is 24.3 Å². The van der Waals surface area contributed by atoms with Crippen LogP contribution in [0.3, 0.4) is 0 Å². The van der Waals surface area contributed by atoms with Crippen molar-refractivity contribution in [3.8, 4) is 0 Å². The maximum Gasteiger partial charge on any atom is 0.326 e. The number of carbonyl (C=O) groups is 4. The predicted molar refractivity (Wildman–Crippen MR) is 91.0 cm³/mol. The van der Waals surface area contributed by atoms with Gasteiger partial charge in [-0.2, -0.15) is 11.8 Å². The maximum atomic E-state index is 12.3. The first-order valence-electron chi connectivity index (χ1n) is 7.58. The fourth-order valence-electron chi connectivity index (χ4n) is 1.79. The molecule has 11 heteroatoms. The van der Waals surface area contributed by atoms with E-state index >= 15 is 0 Å². The molecule has 0 aliphatic carbocycles. The minimum atomic E-state index is -1.30. The quantitative estimate of drug-likeness (QED) is 0.232. The average molecular weight is 379 g/mol. The number of hydrogen-bond acceptors (Lipinski definition) is 7. The number of nitrogens with two attached hydrogens (primary N) is 1. The third-order valence-corrected chi connectivity index (χ3v) is 3.97. The van der Waals surface area contributed by atoms with Crippen molar-refractivity contribution >= 4 is 35.5 Å². The number of nitrogens with one attached hydrogen (secondary N) is 2. The van der Waals surface area contributed by atoms with E-state index in [0.717, 1.165) is 0 Å². The monoisotopic (exact) mass is 379 g/mol. The Balaban J connectivity index is 5.04. The molecule has 0 heterocycles. The van der Waals surface area contributed by atoms with Gasteiger partial charge in [0.05, 0.1) is 6.10 Å². The highest BCUT2D eigenvalue weighted by molar-refractivity contribution is 7.98. The van der Waals surface area contributed by atoms with Gasteiger partial charge in [0.15, 0.2) is 0 Å². The second kappa shape index (κ2) is 11.7. The first-order chi connectivity index (χ1) is 11.6. The highest BCUT2D eigenvalue weighted by Gasteiger charge is 2.29. The van der Waals surface area contributed by atoms with Crippen molar-refractivity contribution in [1.29, 1.82) is 0 Å². The van der Waals surface area contributed by atoms with Crippen LogP contribution in [0.5, 0.6) is 0 Å². The van der Waals surface area contributed by atoms with Gasteiger partial charge in [0, 0.05) is 6.42 Å². The van der Waals surface area contributed by atoms with E-state index in [-0.39, 0.29) is 12.8 Å². The van der Waals surface area contributed by atoms with Crippen LogP contribution in [0.4, 0.5) is 0 Å². The molecule has 10 nitrogen and oxygen atoms in total. The van der Waals surface area contributed by atoms with Crippen LogP contribution in [0, 0.1) is 0 Å². The standard InChI is InChI=1S/C14H25N3O7S/c1-7(18)11(15)13(22)16-8(3-4-10(19)20)12(21)17-9(14(23)24)5-6-25-2/h7-9,11,18H,3-6,15H2,1-2H3,(H,16,22)(H,17,21)(H,19,20)(H,23,24). The number of carbonyl (C=O) groups excluding carboxylic acids is 2. The molecule has 2 amide bonds. The van der Waals surface area contributed by atoms with Gasteiger partial charge in [0.2, 0.25) is 11.8 Å². The first kappa shape index (κ1) is 23.1. The Morgan fingerprint density at radius 2 is 1.60 bits per heavy atom. The number of amides is 2. The fourth-order valence-corrected chi connectivity index (χ4v) is 2.26. The van der Waals surface area contributed by atoms with Crippen LogP contribution in [0.25, 0.3) is 0 Å². The lowest BCUT2D eigenvalue weighted by Crippen LogP contribution is -2.56. The number of hydrogen-bond donors (Lipinski definition) is 6. The van der Waals surface area contributed by atoms with Crippen LogP contribution in [-0.4, -0.2) is 75.3 Å². The van der Waals surface area contributed by atoms with Crippen molar-refractivity contribution in [2.75, 3.05) is 12.0 Å². The van der Waals surface area contributed by atoms with Crippen molar-refractivity contribution < 1.29 is 34.5 Å². The Labute approximate surface area is 149 Å². The Kier molecular flexibility index (Phi) is 10.8. The summed E-state index contributed by atoms with van der Waals surface area (Å²) in [5.41, 5.74) is 5.47. The second-order valence-electron chi connectivity index (χ2n) is 5.44. The maximum absolute atomic E-state index is 12.3. The van der Waals surface area contributed by atoms with Crippen LogP contribution in [0.1, 0.15) is 26.2 Å². The molecule has 0 aromatic carbocycles. The predicted octanol–water partition coefficient (Wildman–Crippen LogP) is -1.63. The summed E-state index contributed by atoms with van der Waals surface area (Å²) in [6.07, 6.45) is 0.138. The van der Waals surface area contributed by atoms with E-state index in [1.54, 1.807) is 6.26 Å². The average Bonchev–Trinajstić information content (AvgIpc) is 2.53. The molecular formula is C14H25N3O7S. The summed E-state index contributed by atoms with van der Waals surface area (Å²) in [5, 5.41) is 31.7. The molecule has 0 saturated carbocycles. The van der Waals surface area contributed by atoms with Gasteiger partial charge in [-0.3, -0.25) is 14.4 Å². The molecule has 7 N–H and O–H groups in total. The number of carboxylic acids is 2. The van der Waals surface area contributed by atoms with E-state index in [1.807, 2.05) is 0 Å². The molecule has 0 saturated heterocycles. The molecule has 144 valence electrons. The lowest BCUT2D eigenvalue weighted by molar-refractivity contribution is -0.143. The number of aliphatic carboxylic acids is 2. The van der Waals surface area contributed by atoms with Crippen molar-refractivity contribution in [3.05, 3.63) is 0 Å². The van der Waals surface area contributed by atoms with Gasteiger partial charge in [-0.15, -0.1) is 0 Å². The van der Waals surface area contributed by atoms with Crippen LogP contribution in [0.2, 0.25) is 0 Å². The highest BCUT2D eigenvalue weighted by atomic mass is 32.2. The van der Waals surface area contributed by atoms with Crippen LogP contribution >= 0.6 is 11.8 Å². The summed E-state index contributed by atoms with van der Waals surface area (Å²) in [4.78, 5) is 46.1. The third kappa shape index (κ3) is 9.27. The summed E-state index contributed by atoms with van der Waals surface area (Å²) in [5.74, 6) is -3.57. The number of rotatable bonds is 12. The Morgan fingerprint density at radius 1 is 1.04 bits per heavy atom. The lowest BCUT2D eigenvalue weighted by Gasteiger charge is -2.23. The summed E-state index contributed by atoms with van der Waals surface area (Å²) >= 11 is 1.41. The van der Waals surface area contributed by atoms with E-state index in [4.69, 9.17) is 15.9 Å². The van der Waals surface area contributed by atoms with Crippen molar-refractivity contribution in [3.63, 3.8) is 0 Å². The largest absolute Gasteiger partial charge is 0.481 e. The summed E-state index contributed by atoms with van der Waals surface area (Å²) in [7, 11) is 0. The molecular weight excluding hydrogens is 354 g/mol. The molecule has 0 aromatic heterocycles. The molecule has 0 aromatic rings. The fraction of sp³-hybridized carbons (Fsp3) is 0.714. The van der Waals surface area contributed by atoms with Crippen LogP contribution in [-0.2, 0) is 19.2 Å². The van der Waals surface area contributed by atoms with E-state index in [2.05, 4.69) is 10.6 Å². The van der Waals surface area contributed by atoms with Gasteiger partial charge in [0.1, 0.15) is 18.1 Å². The molecule has 4 unspecified atom stereocenters. The van der Waals surface area contributed by atoms with Gasteiger partial charge in [-0.05, 0) is 31.8 Å². The Hall–Kier alpha value is -1.85. The van der Waals surface area contributed by atoms with Crippen molar-refractivity contribution in [1.82, 2.24) is 10.6 Å². The molecule has 0 radical (unpaired) electrons. The zero-order valence-electron chi connectivity index (χ0n) is 14.1. The zero-order chi connectivity index (χ0) is 19.6. The van der Waals surface area contributed by atoms with E-state index < -0.39 is 54.4 Å². The van der Waals surface area contributed by atoms with Crippen LogP contribution < -0.4 is 16.4 Å². The molecule has 0 spiro atoms. The van der Waals surface area contributed by atoms with Gasteiger partial charge >= 0.3 is 11.9 Å². The lowest BCUT2D eigenvalue weighted by atomic mass is 10.1. The Bertz CT molecular complexity index is 487. The molecule has 25 heavy (non-hydrogen) atoms. The zero-order valence-corrected chi connectivity index (χ0v) is 14.9. The van der Waals surface area contributed by atoms with Crippen molar-refractivity contribution in [2.24, 2.45) is 5.73 Å². The Morgan fingerprint density at radius 3 is 2.04 bits per heavy atom. The minimum Gasteiger partial charge on any atom is -0.481 e. The summed E-state index contributed by atoms with van der Waals surface area (Å²) < 4.78 is 0. The van der Waals surface area contributed by atoms with Crippen molar-refractivity contribution in [2.45, 2.75) is 50.4 Å². The molecule has 0 aliphatic heterocycles. The van der Waals surface area contributed by atoms with E-state index in [1.165, 1.54) is 18.7 Å². The van der Waals surface area contributed by atoms with Gasteiger partial charge in [-0.1, -0.05) is 0 Å². The number of aliphatic hydroxyl groups is 1. The topological polar surface area (TPSA) is 179 Å². The van der Waals surface area contributed by atoms with E-state index in [0.29, 0.717) is 5.75 Å². The number of aliphatic hydroxyl groups excluding tert-OH is 1. The smallest absolute Gasteiger partial charge is 0.326 e. The van der Waals surface area contributed by atoms with Gasteiger partial charge in [0.25, 0.3) is 0 Å². The summed E-state index contributed by atoms with van der Waals surface area (Å²) in [6, 6.07) is -3.73. The van der Waals surface area contributed by atoms with Gasteiger partial charge < -0.3 is 31.7 Å². The van der Waals surface area contributed by atoms with Crippen LogP contribution in [0.15, 0.2) is 0 Å². The molecule has 0 rings (SSSR count). The molecule has 4 atom stereocenters. The minimum absolute atomic E-state index is 0.176. The van der Waals surface area contributed by atoms with Gasteiger partial charge in [-0.25, -0.2) is 4.79 Å². The highest BCUT2D eigenvalue weighted by Crippen LogP contribution is 2.04. The SMILES string of the molecule is CSCCC(NC(=O)C(CCC(=O)O)NC(=O)C(N)C(C)O)C(=O)O. The molecule has 0 fully saturated rings. The molecule has 0 bridgehead atoms. The molecule has 0 aliphatic rings. The number of carboxylic acid groups (broad SMARTS) is 2. The summed E-state index contributed by atoms with van der Waals surface area (Å²) in [6.45, 7) is 1.29. The third-order valence-electron chi connectivity index (χ3n) is 3.33.